The predicted molar refractivity (Wildman–Crippen MR) is 57.4 cm³/mol. The van der Waals surface area contributed by atoms with E-state index < -0.39 is 0 Å². The Morgan fingerprint density at radius 3 is 2.80 bits per heavy atom. The second-order valence-electron chi connectivity index (χ2n) is 4.30. The third-order valence-corrected chi connectivity index (χ3v) is 2.78. The van der Waals surface area contributed by atoms with Crippen LogP contribution in [0.2, 0.25) is 0 Å². The molecule has 1 aliphatic carbocycles. The van der Waals surface area contributed by atoms with E-state index in [1.165, 1.54) is 0 Å². The molecule has 0 bridgehead atoms. The quantitative estimate of drug-likeness (QED) is 0.635. The molecule has 1 rings (SSSR count). The smallest absolute Gasteiger partial charge is 0.309 e. The van der Waals surface area contributed by atoms with E-state index in [4.69, 9.17) is 9.84 Å². The Balaban J connectivity index is 2.01. The van der Waals surface area contributed by atoms with Gasteiger partial charge in [-0.3, -0.25) is 4.79 Å². The van der Waals surface area contributed by atoms with Crippen LogP contribution in [0.1, 0.15) is 26.7 Å². The standard InChI is InChI=1S/C11H21NO3/c1-3-15-11(14)8(2)6-12-7-9-4-10(13)5-9/h8-10,12-13H,3-7H2,1-2H3. The van der Waals surface area contributed by atoms with Crippen LogP contribution in [-0.4, -0.2) is 36.9 Å². The molecule has 1 saturated carbocycles. The van der Waals surface area contributed by atoms with Gasteiger partial charge in [-0.2, -0.15) is 0 Å². The maximum Gasteiger partial charge on any atom is 0.309 e. The molecule has 4 nitrogen and oxygen atoms in total. The number of hydrogen-bond acceptors (Lipinski definition) is 4. The lowest BCUT2D eigenvalue weighted by atomic mass is 9.82. The van der Waals surface area contributed by atoms with Crippen molar-refractivity contribution in [2.75, 3.05) is 19.7 Å². The van der Waals surface area contributed by atoms with Gasteiger partial charge < -0.3 is 15.2 Å². The average molecular weight is 215 g/mol. The molecule has 1 fully saturated rings. The number of ether oxygens (including phenoxy) is 1. The van der Waals surface area contributed by atoms with Gasteiger partial charge in [-0.1, -0.05) is 6.92 Å². The van der Waals surface area contributed by atoms with Crippen LogP contribution in [-0.2, 0) is 9.53 Å². The van der Waals surface area contributed by atoms with Gasteiger partial charge in [0.05, 0.1) is 18.6 Å². The van der Waals surface area contributed by atoms with Crippen molar-refractivity contribution in [3.05, 3.63) is 0 Å². The molecule has 0 heterocycles. The second-order valence-corrected chi connectivity index (χ2v) is 4.30. The lowest BCUT2D eigenvalue weighted by Gasteiger charge is -2.31. The van der Waals surface area contributed by atoms with E-state index in [0.717, 1.165) is 19.4 Å². The van der Waals surface area contributed by atoms with E-state index in [1.54, 1.807) is 0 Å². The maximum absolute atomic E-state index is 11.3. The molecule has 0 aliphatic heterocycles. The summed E-state index contributed by atoms with van der Waals surface area (Å²) in [4.78, 5) is 11.3. The van der Waals surface area contributed by atoms with Gasteiger partial charge in [0.25, 0.3) is 0 Å². The predicted octanol–water partition coefficient (Wildman–Crippen LogP) is 0.546. The molecule has 1 unspecified atom stereocenters. The molecule has 0 amide bonds. The molecule has 2 N–H and O–H groups in total. The Kier molecular flexibility index (Phi) is 5.05. The van der Waals surface area contributed by atoms with E-state index in [2.05, 4.69) is 5.32 Å². The SMILES string of the molecule is CCOC(=O)C(C)CNCC1CC(O)C1. The fourth-order valence-corrected chi connectivity index (χ4v) is 1.74. The summed E-state index contributed by atoms with van der Waals surface area (Å²) in [7, 11) is 0. The van der Waals surface area contributed by atoms with Gasteiger partial charge in [0.15, 0.2) is 0 Å². The minimum atomic E-state index is -0.140. The third-order valence-electron chi connectivity index (χ3n) is 2.78. The van der Waals surface area contributed by atoms with Crippen molar-refractivity contribution in [2.24, 2.45) is 11.8 Å². The molecule has 0 aromatic carbocycles. The minimum absolute atomic E-state index is 0.0880. The molecule has 4 heteroatoms. The normalized spacial score (nSPS) is 26.9. The lowest BCUT2D eigenvalue weighted by Crippen LogP contribution is -2.38. The van der Waals surface area contributed by atoms with Gasteiger partial charge in [0.2, 0.25) is 0 Å². The highest BCUT2D eigenvalue weighted by Crippen LogP contribution is 2.26. The zero-order valence-corrected chi connectivity index (χ0v) is 9.53. The molecule has 0 aromatic rings. The van der Waals surface area contributed by atoms with Gasteiger partial charge in [0.1, 0.15) is 0 Å². The number of carbonyl (C=O) groups is 1. The zero-order valence-electron chi connectivity index (χ0n) is 9.53. The van der Waals surface area contributed by atoms with E-state index >= 15 is 0 Å². The first-order chi connectivity index (χ1) is 7.13. The van der Waals surface area contributed by atoms with Gasteiger partial charge >= 0.3 is 5.97 Å². The molecule has 1 aliphatic rings. The van der Waals surface area contributed by atoms with Gasteiger partial charge in [-0.15, -0.1) is 0 Å². The molecule has 0 aromatic heterocycles. The molecule has 0 saturated heterocycles. The highest BCUT2D eigenvalue weighted by molar-refractivity contribution is 5.72. The largest absolute Gasteiger partial charge is 0.466 e. The summed E-state index contributed by atoms with van der Waals surface area (Å²) in [5, 5.41) is 12.3. The van der Waals surface area contributed by atoms with Gasteiger partial charge in [-0.05, 0) is 32.2 Å². The molecular weight excluding hydrogens is 194 g/mol. The second kappa shape index (κ2) is 6.08. The molecular formula is C11H21NO3. The van der Waals surface area contributed by atoms with Crippen LogP contribution >= 0.6 is 0 Å². The average Bonchev–Trinajstić information content (AvgIpc) is 2.15. The summed E-state index contributed by atoms with van der Waals surface area (Å²) in [6.07, 6.45) is 1.68. The van der Waals surface area contributed by atoms with Crippen molar-refractivity contribution < 1.29 is 14.6 Å². The summed E-state index contributed by atoms with van der Waals surface area (Å²) >= 11 is 0. The monoisotopic (exact) mass is 215 g/mol. The van der Waals surface area contributed by atoms with Gasteiger partial charge in [0, 0.05) is 6.54 Å². The van der Waals surface area contributed by atoms with Crippen molar-refractivity contribution in [3.63, 3.8) is 0 Å². The first-order valence-electron chi connectivity index (χ1n) is 5.68. The Labute approximate surface area is 91.0 Å². The molecule has 0 spiro atoms. The number of nitrogens with one attached hydrogen (secondary N) is 1. The van der Waals surface area contributed by atoms with Crippen LogP contribution in [0, 0.1) is 11.8 Å². The Hall–Kier alpha value is -0.610. The van der Waals surface area contributed by atoms with Crippen molar-refractivity contribution in [1.29, 1.82) is 0 Å². The van der Waals surface area contributed by atoms with Crippen LogP contribution in [0.15, 0.2) is 0 Å². The van der Waals surface area contributed by atoms with Crippen LogP contribution < -0.4 is 5.32 Å². The summed E-state index contributed by atoms with van der Waals surface area (Å²) in [5.74, 6) is 0.350. The minimum Gasteiger partial charge on any atom is -0.466 e. The Morgan fingerprint density at radius 2 is 2.27 bits per heavy atom. The third kappa shape index (κ3) is 4.18. The van der Waals surface area contributed by atoms with Crippen LogP contribution in [0.5, 0.6) is 0 Å². The van der Waals surface area contributed by atoms with E-state index in [1.807, 2.05) is 13.8 Å². The van der Waals surface area contributed by atoms with Crippen LogP contribution in [0.25, 0.3) is 0 Å². The van der Waals surface area contributed by atoms with Crippen molar-refractivity contribution in [2.45, 2.75) is 32.8 Å². The van der Waals surface area contributed by atoms with Crippen molar-refractivity contribution in [1.82, 2.24) is 5.32 Å². The first kappa shape index (κ1) is 12.5. The van der Waals surface area contributed by atoms with Gasteiger partial charge in [-0.25, -0.2) is 0 Å². The number of aliphatic hydroxyl groups is 1. The maximum atomic E-state index is 11.3. The van der Waals surface area contributed by atoms with Crippen LogP contribution in [0.4, 0.5) is 0 Å². The molecule has 15 heavy (non-hydrogen) atoms. The topological polar surface area (TPSA) is 58.6 Å². The highest BCUT2D eigenvalue weighted by atomic mass is 16.5. The molecule has 88 valence electrons. The number of rotatable bonds is 6. The summed E-state index contributed by atoms with van der Waals surface area (Å²) < 4.78 is 4.90. The molecule has 1 atom stereocenters. The fraction of sp³-hybridized carbons (Fsp3) is 0.909. The van der Waals surface area contributed by atoms with Crippen LogP contribution in [0.3, 0.4) is 0 Å². The summed E-state index contributed by atoms with van der Waals surface area (Å²) in [6, 6.07) is 0. The summed E-state index contributed by atoms with van der Waals surface area (Å²) in [5.41, 5.74) is 0. The van der Waals surface area contributed by atoms with E-state index in [0.29, 0.717) is 19.1 Å². The van der Waals surface area contributed by atoms with E-state index in [-0.39, 0.29) is 18.0 Å². The Morgan fingerprint density at radius 1 is 1.60 bits per heavy atom. The lowest BCUT2D eigenvalue weighted by molar-refractivity contribution is -0.147. The Bertz CT molecular complexity index is 202. The fourth-order valence-electron chi connectivity index (χ4n) is 1.74. The number of esters is 1. The number of carbonyl (C=O) groups excluding carboxylic acids is 1. The number of hydrogen-bond donors (Lipinski definition) is 2. The summed E-state index contributed by atoms with van der Waals surface area (Å²) in [6.45, 7) is 5.67. The first-order valence-corrected chi connectivity index (χ1v) is 5.68. The van der Waals surface area contributed by atoms with Crippen molar-refractivity contribution >= 4 is 5.97 Å². The van der Waals surface area contributed by atoms with E-state index in [9.17, 15) is 4.79 Å². The molecule has 0 radical (unpaired) electrons. The highest BCUT2D eigenvalue weighted by Gasteiger charge is 2.26. The van der Waals surface area contributed by atoms with Crippen molar-refractivity contribution in [3.8, 4) is 0 Å². The zero-order chi connectivity index (χ0) is 11.3. The number of aliphatic hydroxyl groups excluding tert-OH is 1.